The average Bonchev–Trinajstić information content (AvgIpc) is 3.91. The van der Waals surface area contributed by atoms with E-state index in [0.29, 0.717) is 0 Å². The number of carbonyl (C=O) groups excluding carboxylic acids is 3. The molecule has 5 heterocycles. The Morgan fingerprint density at radius 1 is 0.957 bits per heavy atom. The standard InChI is InChI=1S/C30H28N6O11/c1-30(2)36(29(40)46-10-16-7-5-4-6-8-16)22(15-47-30)27-34-20(13-45-27)26-33-19(12-43-26)25-32-18(11-42-25)23(38)31-17(9-37)24-35-21(14-44-24)28(39)41-3/h4-8,11-14,17,22,37H,9-10,15H2,1-3H3,(H,31,38)/t17-,22-/m0/s1. The minimum Gasteiger partial charge on any atom is -0.464 e. The smallest absolute Gasteiger partial charge is 0.413 e. The molecule has 17 nitrogen and oxygen atoms in total. The number of nitrogens with one attached hydrogen (secondary N) is 1. The number of nitrogens with zero attached hydrogens (tertiary/aromatic N) is 5. The van der Waals surface area contributed by atoms with Crippen molar-refractivity contribution in [3.8, 4) is 23.2 Å². The van der Waals surface area contributed by atoms with Crippen molar-refractivity contribution >= 4 is 18.0 Å². The maximum Gasteiger partial charge on any atom is 0.413 e. The molecule has 0 radical (unpaired) electrons. The quantitative estimate of drug-likeness (QED) is 0.206. The van der Waals surface area contributed by atoms with Crippen LogP contribution in [0.15, 0.2) is 73.1 Å². The van der Waals surface area contributed by atoms with Crippen molar-refractivity contribution in [3.05, 3.63) is 84.1 Å². The lowest BCUT2D eigenvalue weighted by Crippen LogP contribution is -2.45. The second-order valence-corrected chi connectivity index (χ2v) is 10.6. The Hall–Kier alpha value is -5.81. The van der Waals surface area contributed by atoms with Crippen LogP contribution in [0.1, 0.15) is 64.3 Å². The molecule has 0 saturated carbocycles. The lowest BCUT2D eigenvalue weighted by Gasteiger charge is -2.31. The Morgan fingerprint density at radius 2 is 1.66 bits per heavy atom. The van der Waals surface area contributed by atoms with E-state index in [4.69, 9.17) is 27.1 Å². The largest absolute Gasteiger partial charge is 0.464 e. The molecule has 2 atom stereocenters. The van der Waals surface area contributed by atoms with Gasteiger partial charge in [0.25, 0.3) is 5.91 Å². The third kappa shape index (κ3) is 6.47. The number of rotatable bonds is 10. The van der Waals surface area contributed by atoms with Crippen LogP contribution in [-0.2, 0) is 20.8 Å². The van der Waals surface area contributed by atoms with E-state index in [1.54, 1.807) is 13.8 Å². The number of aliphatic hydroxyl groups excluding tert-OH is 1. The molecule has 1 aliphatic rings. The summed E-state index contributed by atoms with van der Waals surface area (Å²) in [6, 6.07) is 7.52. The van der Waals surface area contributed by atoms with Gasteiger partial charge >= 0.3 is 12.1 Å². The van der Waals surface area contributed by atoms with Gasteiger partial charge in [-0.3, -0.25) is 9.69 Å². The first-order valence-corrected chi connectivity index (χ1v) is 14.1. The zero-order valence-electron chi connectivity index (χ0n) is 25.2. The van der Waals surface area contributed by atoms with Gasteiger partial charge in [-0.25, -0.2) is 29.5 Å². The molecule has 2 amide bonds. The highest BCUT2D eigenvalue weighted by molar-refractivity contribution is 5.92. The molecule has 1 fully saturated rings. The van der Waals surface area contributed by atoms with E-state index in [-0.39, 0.29) is 59.6 Å². The first-order chi connectivity index (χ1) is 22.7. The molecular formula is C30H28N6O11. The van der Waals surface area contributed by atoms with Crippen molar-refractivity contribution in [2.45, 2.75) is 38.3 Å². The SMILES string of the molecule is COC(=O)c1coc([C@H](CO)NC(=O)c2coc(-c3coc(-c4coc([C@@H]5COC(C)(C)N5C(=O)OCc5ccccc5)n4)n3)n2)n1. The summed E-state index contributed by atoms with van der Waals surface area (Å²) >= 11 is 0. The summed E-state index contributed by atoms with van der Waals surface area (Å²) < 4.78 is 37.9. The molecule has 0 aliphatic carbocycles. The topological polar surface area (TPSA) is 219 Å². The van der Waals surface area contributed by atoms with Gasteiger partial charge in [-0.15, -0.1) is 0 Å². The fourth-order valence-electron chi connectivity index (χ4n) is 4.71. The van der Waals surface area contributed by atoms with Gasteiger partial charge in [-0.05, 0) is 19.4 Å². The number of hydrogen-bond donors (Lipinski definition) is 2. The van der Waals surface area contributed by atoms with Gasteiger partial charge in [0, 0.05) is 0 Å². The monoisotopic (exact) mass is 648 g/mol. The summed E-state index contributed by atoms with van der Waals surface area (Å²) in [7, 11) is 1.18. The van der Waals surface area contributed by atoms with Crippen LogP contribution in [0.2, 0.25) is 0 Å². The van der Waals surface area contributed by atoms with Gasteiger partial charge in [0.2, 0.25) is 23.6 Å². The van der Waals surface area contributed by atoms with E-state index in [2.05, 4.69) is 30.0 Å². The van der Waals surface area contributed by atoms with Gasteiger partial charge in [0.15, 0.2) is 22.8 Å². The summed E-state index contributed by atoms with van der Waals surface area (Å²) in [5, 5.41) is 12.2. The fourth-order valence-corrected chi connectivity index (χ4v) is 4.71. The normalized spacial score (nSPS) is 16.2. The van der Waals surface area contributed by atoms with Crippen molar-refractivity contribution in [1.29, 1.82) is 0 Å². The van der Waals surface area contributed by atoms with Crippen LogP contribution in [0.25, 0.3) is 23.2 Å². The van der Waals surface area contributed by atoms with Crippen LogP contribution in [-0.4, -0.2) is 74.0 Å². The molecule has 5 aromatic rings. The first-order valence-electron chi connectivity index (χ1n) is 14.1. The predicted molar refractivity (Wildman–Crippen MR) is 154 cm³/mol. The Morgan fingerprint density at radius 3 is 2.43 bits per heavy atom. The molecule has 47 heavy (non-hydrogen) atoms. The number of aliphatic hydroxyl groups is 1. The molecule has 0 bridgehead atoms. The summed E-state index contributed by atoms with van der Waals surface area (Å²) in [5.41, 5.74) is -0.0530. The van der Waals surface area contributed by atoms with Gasteiger partial charge in [-0.2, -0.15) is 0 Å². The second-order valence-electron chi connectivity index (χ2n) is 10.6. The van der Waals surface area contributed by atoms with Crippen LogP contribution in [0.3, 0.4) is 0 Å². The van der Waals surface area contributed by atoms with Crippen molar-refractivity contribution < 1.29 is 51.4 Å². The average molecular weight is 649 g/mol. The number of ether oxygens (including phenoxy) is 3. The number of methoxy groups -OCH3 is 1. The molecule has 17 heteroatoms. The molecule has 2 N–H and O–H groups in total. The first kappa shape index (κ1) is 31.2. The molecule has 0 unspecified atom stereocenters. The minimum atomic E-state index is -1.08. The van der Waals surface area contributed by atoms with Crippen molar-refractivity contribution in [3.63, 3.8) is 0 Å². The summed E-state index contributed by atoms with van der Waals surface area (Å²) in [6.07, 6.45) is 4.11. The van der Waals surface area contributed by atoms with Crippen molar-refractivity contribution in [1.82, 2.24) is 30.2 Å². The van der Waals surface area contributed by atoms with E-state index < -0.39 is 42.4 Å². The molecular weight excluding hydrogens is 620 g/mol. The molecule has 1 saturated heterocycles. The predicted octanol–water partition coefficient (Wildman–Crippen LogP) is 3.67. The van der Waals surface area contributed by atoms with E-state index in [0.717, 1.165) is 18.1 Å². The number of benzene rings is 1. The molecule has 1 aromatic carbocycles. The highest BCUT2D eigenvalue weighted by Crippen LogP contribution is 2.38. The van der Waals surface area contributed by atoms with Crippen molar-refractivity contribution in [2.24, 2.45) is 0 Å². The Labute approximate surface area is 265 Å². The number of carbonyl (C=O) groups is 3. The van der Waals surface area contributed by atoms with Crippen LogP contribution >= 0.6 is 0 Å². The summed E-state index contributed by atoms with van der Waals surface area (Å²) in [6.45, 7) is 3.10. The lowest BCUT2D eigenvalue weighted by molar-refractivity contribution is -0.0500. The van der Waals surface area contributed by atoms with Gasteiger partial charge < -0.3 is 42.3 Å². The van der Waals surface area contributed by atoms with Gasteiger partial charge in [0.1, 0.15) is 49.5 Å². The maximum absolute atomic E-state index is 13.1. The fraction of sp³-hybridized carbons (Fsp3) is 0.300. The molecule has 6 rings (SSSR count). The van der Waals surface area contributed by atoms with Crippen LogP contribution in [0.5, 0.6) is 0 Å². The lowest BCUT2D eigenvalue weighted by atomic mass is 10.2. The Bertz CT molecular complexity index is 1870. The maximum atomic E-state index is 13.1. The van der Waals surface area contributed by atoms with Gasteiger partial charge in [0.05, 0.1) is 20.3 Å². The van der Waals surface area contributed by atoms with Crippen LogP contribution in [0, 0.1) is 0 Å². The van der Waals surface area contributed by atoms with Crippen LogP contribution < -0.4 is 5.32 Å². The highest BCUT2D eigenvalue weighted by Gasteiger charge is 2.47. The minimum absolute atomic E-state index is 0.0446. The number of esters is 1. The second kappa shape index (κ2) is 12.9. The van der Waals surface area contributed by atoms with Crippen LogP contribution in [0.4, 0.5) is 4.79 Å². The van der Waals surface area contributed by atoms with E-state index in [1.807, 2.05) is 30.3 Å². The third-order valence-electron chi connectivity index (χ3n) is 7.08. The number of oxazole rings is 4. The highest BCUT2D eigenvalue weighted by atomic mass is 16.6. The molecule has 4 aromatic heterocycles. The number of amides is 2. The zero-order chi connectivity index (χ0) is 33.1. The number of aromatic nitrogens is 4. The molecule has 0 spiro atoms. The zero-order valence-corrected chi connectivity index (χ0v) is 25.2. The summed E-state index contributed by atoms with van der Waals surface area (Å²) in [5.74, 6) is -1.39. The van der Waals surface area contributed by atoms with Gasteiger partial charge in [-0.1, -0.05) is 30.3 Å². The van der Waals surface area contributed by atoms with E-state index >= 15 is 0 Å². The van der Waals surface area contributed by atoms with E-state index in [9.17, 15) is 19.5 Å². The van der Waals surface area contributed by atoms with E-state index in [1.165, 1.54) is 24.5 Å². The third-order valence-corrected chi connectivity index (χ3v) is 7.08. The Kier molecular flexibility index (Phi) is 8.55. The Balaban J connectivity index is 1.12. The van der Waals surface area contributed by atoms with Crippen molar-refractivity contribution in [2.75, 3.05) is 20.3 Å². The molecule has 1 aliphatic heterocycles. The molecule has 244 valence electrons. The number of hydrogen-bond acceptors (Lipinski definition) is 15. The summed E-state index contributed by atoms with van der Waals surface area (Å²) in [4.78, 5) is 55.9.